The van der Waals surface area contributed by atoms with Gasteiger partial charge in [0.2, 0.25) is 11.8 Å². The van der Waals surface area contributed by atoms with Gasteiger partial charge in [-0.15, -0.1) is 0 Å². The Morgan fingerprint density at radius 1 is 0.920 bits per heavy atom. The van der Waals surface area contributed by atoms with Crippen molar-refractivity contribution in [1.82, 2.24) is 9.80 Å². The van der Waals surface area contributed by atoms with Gasteiger partial charge in [-0.3, -0.25) is 9.59 Å². The van der Waals surface area contributed by atoms with Gasteiger partial charge in [-0.2, -0.15) is 0 Å². The summed E-state index contributed by atoms with van der Waals surface area (Å²) in [5.41, 5.74) is 1.05. The van der Waals surface area contributed by atoms with Gasteiger partial charge in [-0.1, -0.05) is 44.2 Å². The Hall–Kier alpha value is -2.56. The number of hydrogen-bond donors (Lipinski definition) is 0. The molecular formula is C20H26N2O3. The summed E-state index contributed by atoms with van der Waals surface area (Å²) in [7, 11) is 0. The molecule has 1 aromatic carbocycles. The number of benzene rings is 1. The smallest absolute Gasteiger partial charge is 0.242 e. The predicted octanol–water partition coefficient (Wildman–Crippen LogP) is 3.46. The van der Waals surface area contributed by atoms with Crippen LogP contribution in [-0.2, 0) is 22.7 Å². The minimum absolute atomic E-state index is 0.00728. The van der Waals surface area contributed by atoms with E-state index in [9.17, 15) is 9.59 Å². The van der Waals surface area contributed by atoms with Gasteiger partial charge in [0.15, 0.2) is 0 Å². The Morgan fingerprint density at radius 3 is 2.28 bits per heavy atom. The van der Waals surface area contributed by atoms with Crippen molar-refractivity contribution in [2.24, 2.45) is 0 Å². The molecule has 0 unspecified atom stereocenters. The molecule has 0 spiro atoms. The largest absolute Gasteiger partial charge is 0.467 e. The molecule has 0 radical (unpaired) electrons. The highest BCUT2D eigenvalue weighted by molar-refractivity contribution is 5.84. The van der Waals surface area contributed by atoms with Crippen LogP contribution in [0.15, 0.2) is 53.1 Å². The third-order valence-electron chi connectivity index (χ3n) is 3.97. The van der Waals surface area contributed by atoms with Crippen molar-refractivity contribution >= 4 is 11.8 Å². The lowest BCUT2D eigenvalue weighted by atomic mass is 10.2. The molecular weight excluding hydrogens is 316 g/mol. The lowest BCUT2D eigenvalue weighted by Gasteiger charge is -2.27. The minimum atomic E-state index is -0.0736. The third kappa shape index (κ3) is 5.78. The van der Waals surface area contributed by atoms with E-state index in [1.807, 2.05) is 56.3 Å². The Labute approximate surface area is 149 Å². The van der Waals surface area contributed by atoms with E-state index in [0.717, 1.165) is 17.7 Å². The molecule has 5 nitrogen and oxygen atoms in total. The molecule has 1 aromatic heterocycles. The van der Waals surface area contributed by atoms with E-state index >= 15 is 0 Å². The van der Waals surface area contributed by atoms with E-state index in [1.54, 1.807) is 16.1 Å². The molecule has 1 heterocycles. The highest BCUT2D eigenvalue weighted by Gasteiger charge is 2.21. The molecule has 0 aliphatic carbocycles. The van der Waals surface area contributed by atoms with Crippen LogP contribution in [0.4, 0.5) is 0 Å². The molecule has 0 aliphatic rings. The monoisotopic (exact) mass is 342 g/mol. The standard InChI is InChI=1S/C20H26N2O3/c1-3-12-21(19(23)4-2)16-20(24)22(15-18-11-8-13-25-18)14-17-9-6-5-7-10-17/h5-11,13H,3-4,12,14-16H2,1-2H3. The topological polar surface area (TPSA) is 53.8 Å². The summed E-state index contributed by atoms with van der Waals surface area (Å²) in [4.78, 5) is 28.3. The fourth-order valence-corrected chi connectivity index (χ4v) is 2.68. The van der Waals surface area contributed by atoms with Crippen LogP contribution in [0.25, 0.3) is 0 Å². The van der Waals surface area contributed by atoms with E-state index in [-0.39, 0.29) is 18.4 Å². The van der Waals surface area contributed by atoms with Gasteiger partial charge in [-0.25, -0.2) is 0 Å². The molecule has 0 N–H and O–H groups in total. The Morgan fingerprint density at radius 2 is 1.68 bits per heavy atom. The van der Waals surface area contributed by atoms with Crippen LogP contribution in [0.2, 0.25) is 0 Å². The van der Waals surface area contributed by atoms with Gasteiger partial charge in [-0.05, 0) is 24.1 Å². The van der Waals surface area contributed by atoms with E-state index in [1.165, 1.54) is 0 Å². The van der Waals surface area contributed by atoms with Gasteiger partial charge in [0, 0.05) is 19.5 Å². The molecule has 0 saturated heterocycles. The second-order valence-electron chi connectivity index (χ2n) is 5.98. The van der Waals surface area contributed by atoms with Gasteiger partial charge in [0.1, 0.15) is 5.76 Å². The summed E-state index contributed by atoms with van der Waals surface area (Å²) >= 11 is 0. The number of carbonyl (C=O) groups is 2. The summed E-state index contributed by atoms with van der Waals surface area (Å²) in [6.45, 7) is 5.40. The van der Waals surface area contributed by atoms with Crippen LogP contribution in [0, 0.1) is 0 Å². The molecule has 2 aromatic rings. The Kier molecular flexibility index (Phi) is 7.26. The molecule has 0 fully saturated rings. The minimum Gasteiger partial charge on any atom is -0.467 e. The molecule has 0 aliphatic heterocycles. The third-order valence-corrected chi connectivity index (χ3v) is 3.97. The van der Waals surface area contributed by atoms with Crippen molar-refractivity contribution in [2.75, 3.05) is 13.1 Å². The van der Waals surface area contributed by atoms with Gasteiger partial charge >= 0.3 is 0 Å². The van der Waals surface area contributed by atoms with Crippen LogP contribution >= 0.6 is 0 Å². The van der Waals surface area contributed by atoms with Crippen LogP contribution < -0.4 is 0 Å². The van der Waals surface area contributed by atoms with E-state index < -0.39 is 0 Å². The number of nitrogens with zero attached hydrogens (tertiary/aromatic N) is 2. The van der Waals surface area contributed by atoms with Crippen molar-refractivity contribution in [3.8, 4) is 0 Å². The molecule has 0 atom stereocenters. The molecule has 25 heavy (non-hydrogen) atoms. The van der Waals surface area contributed by atoms with E-state index in [0.29, 0.717) is 26.1 Å². The number of carbonyl (C=O) groups excluding carboxylic acids is 2. The first kappa shape index (κ1) is 18.8. The highest BCUT2D eigenvalue weighted by atomic mass is 16.3. The number of amides is 2. The van der Waals surface area contributed by atoms with Gasteiger partial charge in [0.25, 0.3) is 0 Å². The Bertz CT molecular complexity index is 653. The molecule has 5 heteroatoms. The first-order valence-corrected chi connectivity index (χ1v) is 8.75. The number of rotatable bonds is 9. The van der Waals surface area contributed by atoms with Crippen molar-refractivity contribution in [1.29, 1.82) is 0 Å². The molecule has 2 amide bonds. The van der Waals surface area contributed by atoms with Crippen molar-refractivity contribution < 1.29 is 14.0 Å². The second-order valence-corrected chi connectivity index (χ2v) is 5.98. The molecule has 2 rings (SSSR count). The number of hydrogen-bond acceptors (Lipinski definition) is 3. The summed E-state index contributed by atoms with van der Waals surface area (Å²) in [5.74, 6) is 0.663. The fraction of sp³-hybridized carbons (Fsp3) is 0.400. The van der Waals surface area contributed by atoms with E-state index in [4.69, 9.17) is 4.42 Å². The molecule has 0 bridgehead atoms. The van der Waals surface area contributed by atoms with Crippen LogP contribution in [0.3, 0.4) is 0 Å². The summed E-state index contributed by atoms with van der Waals surface area (Å²) in [6.07, 6.45) is 2.84. The zero-order valence-electron chi connectivity index (χ0n) is 15.0. The average molecular weight is 342 g/mol. The highest BCUT2D eigenvalue weighted by Crippen LogP contribution is 2.12. The normalized spacial score (nSPS) is 10.5. The number of furan rings is 1. The zero-order valence-corrected chi connectivity index (χ0v) is 15.0. The summed E-state index contributed by atoms with van der Waals surface area (Å²) in [5, 5.41) is 0. The lowest BCUT2D eigenvalue weighted by molar-refractivity contribution is -0.141. The van der Waals surface area contributed by atoms with Crippen molar-refractivity contribution in [2.45, 2.75) is 39.8 Å². The van der Waals surface area contributed by atoms with Gasteiger partial charge in [0.05, 0.1) is 19.4 Å². The maximum absolute atomic E-state index is 12.9. The average Bonchev–Trinajstić information content (AvgIpc) is 3.14. The maximum atomic E-state index is 12.9. The lowest BCUT2D eigenvalue weighted by Crippen LogP contribution is -2.42. The summed E-state index contributed by atoms with van der Waals surface area (Å²) in [6, 6.07) is 13.5. The molecule has 134 valence electrons. The Balaban J connectivity index is 2.12. The first-order chi connectivity index (χ1) is 12.1. The molecule has 0 saturated carbocycles. The quantitative estimate of drug-likeness (QED) is 0.701. The van der Waals surface area contributed by atoms with Crippen molar-refractivity contribution in [3.63, 3.8) is 0 Å². The SMILES string of the molecule is CCCN(CC(=O)N(Cc1ccccc1)Cc1ccco1)C(=O)CC. The second kappa shape index (κ2) is 9.67. The zero-order chi connectivity index (χ0) is 18.1. The fourth-order valence-electron chi connectivity index (χ4n) is 2.68. The predicted molar refractivity (Wildman–Crippen MR) is 96.6 cm³/mol. The van der Waals surface area contributed by atoms with Crippen LogP contribution in [-0.4, -0.2) is 34.7 Å². The van der Waals surface area contributed by atoms with E-state index in [2.05, 4.69) is 0 Å². The first-order valence-electron chi connectivity index (χ1n) is 8.75. The van der Waals surface area contributed by atoms with Crippen molar-refractivity contribution in [3.05, 3.63) is 60.1 Å². The van der Waals surface area contributed by atoms with Gasteiger partial charge < -0.3 is 14.2 Å². The van der Waals surface area contributed by atoms with Crippen LogP contribution in [0.1, 0.15) is 38.0 Å². The van der Waals surface area contributed by atoms with Crippen LogP contribution in [0.5, 0.6) is 0 Å². The maximum Gasteiger partial charge on any atom is 0.242 e. The summed E-state index contributed by atoms with van der Waals surface area (Å²) < 4.78 is 5.40.